The molecule has 0 aromatic heterocycles. The molecule has 0 aliphatic carbocycles. The molecule has 4 heteroatoms. The summed E-state index contributed by atoms with van der Waals surface area (Å²) in [6.45, 7) is 1.85. The molecule has 0 fully saturated rings. The summed E-state index contributed by atoms with van der Waals surface area (Å²) in [7, 11) is -3.72. The monoisotopic (exact) mass is 151 g/mol. The van der Waals surface area contributed by atoms with Crippen molar-refractivity contribution in [2.75, 3.05) is 5.75 Å². The summed E-state index contributed by atoms with van der Waals surface area (Å²) in [5.74, 6) is -0.128. The molecule has 0 spiro atoms. The van der Waals surface area contributed by atoms with Crippen LogP contribution in [0.5, 0.6) is 0 Å². The van der Waals surface area contributed by atoms with Crippen molar-refractivity contribution in [1.82, 2.24) is 0 Å². The number of hydrogen-bond acceptors (Lipinski definition) is 2. The van der Waals surface area contributed by atoms with E-state index in [1.165, 1.54) is 0 Å². The van der Waals surface area contributed by atoms with Crippen LogP contribution in [-0.4, -0.2) is 18.7 Å². The van der Waals surface area contributed by atoms with Crippen LogP contribution in [0.2, 0.25) is 0 Å². The Morgan fingerprint density at radius 1 is 1.56 bits per heavy atom. The minimum absolute atomic E-state index is 0.128. The Bertz CT molecular complexity index is 148. The Kier molecular flexibility index (Phi) is 3.81. The van der Waals surface area contributed by atoms with Crippen molar-refractivity contribution in [3.8, 4) is 0 Å². The van der Waals surface area contributed by atoms with Crippen molar-refractivity contribution in [3.63, 3.8) is 0 Å². The van der Waals surface area contributed by atoms with E-state index in [0.29, 0.717) is 6.42 Å². The molecular formula is C5H11O3S. The van der Waals surface area contributed by atoms with Crippen LogP contribution in [0.4, 0.5) is 0 Å². The second-order valence-electron chi connectivity index (χ2n) is 1.84. The Hall–Kier alpha value is -0.0900. The third-order valence-corrected chi connectivity index (χ3v) is 1.70. The molecular weight excluding hydrogens is 140 g/mol. The maximum atomic E-state index is 10.0. The third kappa shape index (κ3) is 7.91. The van der Waals surface area contributed by atoms with E-state index in [9.17, 15) is 8.42 Å². The van der Waals surface area contributed by atoms with E-state index >= 15 is 0 Å². The molecule has 0 saturated heterocycles. The number of rotatable bonds is 4. The summed E-state index contributed by atoms with van der Waals surface area (Å²) in [6.07, 6.45) is 3.11. The minimum atomic E-state index is -3.72. The lowest BCUT2D eigenvalue weighted by molar-refractivity contribution is 0.481. The van der Waals surface area contributed by atoms with E-state index < -0.39 is 10.1 Å². The standard InChI is InChI=1S/C5H11O3S/c1-2-3-4-5-9(6,7)8/h2H,3-5H2,1H3,(H,6,7,8). The second-order valence-corrected chi connectivity index (χ2v) is 3.41. The zero-order valence-corrected chi connectivity index (χ0v) is 6.19. The highest BCUT2D eigenvalue weighted by atomic mass is 32.2. The molecule has 1 N–H and O–H groups in total. The van der Waals surface area contributed by atoms with Gasteiger partial charge < -0.3 is 0 Å². The van der Waals surface area contributed by atoms with Gasteiger partial charge in [-0.3, -0.25) is 4.55 Å². The van der Waals surface area contributed by atoms with Gasteiger partial charge in [0, 0.05) is 0 Å². The molecule has 0 aliphatic heterocycles. The van der Waals surface area contributed by atoms with Gasteiger partial charge in [0.05, 0.1) is 5.75 Å². The van der Waals surface area contributed by atoms with Gasteiger partial charge in [0.25, 0.3) is 10.1 Å². The SMILES string of the molecule is C[CH]CCCS(=O)(=O)O. The fraction of sp³-hybridized carbons (Fsp3) is 0.800. The van der Waals surface area contributed by atoms with E-state index in [-0.39, 0.29) is 5.75 Å². The number of hydrogen-bond donors (Lipinski definition) is 1. The van der Waals surface area contributed by atoms with Crippen molar-refractivity contribution in [2.24, 2.45) is 0 Å². The molecule has 0 heterocycles. The minimum Gasteiger partial charge on any atom is -0.286 e. The lowest BCUT2D eigenvalue weighted by Gasteiger charge is -1.92. The van der Waals surface area contributed by atoms with Crippen molar-refractivity contribution in [1.29, 1.82) is 0 Å². The highest BCUT2D eigenvalue weighted by Crippen LogP contribution is 1.95. The Labute approximate surface area is 55.8 Å². The van der Waals surface area contributed by atoms with Gasteiger partial charge in [-0.2, -0.15) is 8.42 Å². The van der Waals surface area contributed by atoms with E-state index in [4.69, 9.17) is 4.55 Å². The van der Waals surface area contributed by atoms with Crippen molar-refractivity contribution < 1.29 is 13.0 Å². The summed E-state index contributed by atoms with van der Waals surface area (Å²) in [5.41, 5.74) is 0. The molecule has 0 amide bonds. The predicted octanol–water partition coefficient (Wildman–Crippen LogP) is 0.879. The molecule has 0 unspecified atom stereocenters. The predicted molar refractivity (Wildman–Crippen MR) is 35.6 cm³/mol. The third-order valence-electron chi connectivity index (χ3n) is 0.895. The van der Waals surface area contributed by atoms with Gasteiger partial charge in [0.1, 0.15) is 0 Å². The molecule has 3 nitrogen and oxygen atoms in total. The Morgan fingerprint density at radius 2 is 2.11 bits per heavy atom. The van der Waals surface area contributed by atoms with Crippen molar-refractivity contribution >= 4 is 10.1 Å². The van der Waals surface area contributed by atoms with Crippen molar-refractivity contribution in [3.05, 3.63) is 6.42 Å². The molecule has 0 saturated carbocycles. The molecule has 0 aromatic rings. The first-order valence-electron chi connectivity index (χ1n) is 2.79. The highest BCUT2D eigenvalue weighted by molar-refractivity contribution is 7.85. The summed E-state index contributed by atoms with van der Waals surface area (Å²) < 4.78 is 28.3. The molecule has 0 aromatic carbocycles. The van der Waals surface area contributed by atoms with Crippen LogP contribution in [0.3, 0.4) is 0 Å². The summed E-state index contributed by atoms with van der Waals surface area (Å²) in [5, 5.41) is 0. The van der Waals surface area contributed by atoms with E-state index in [1.807, 2.05) is 13.3 Å². The zero-order valence-electron chi connectivity index (χ0n) is 5.37. The smallest absolute Gasteiger partial charge is 0.264 e. The molecule has 0 atom stereocenters. The normalized spacial score (nSPS) is 11.8. The van der Waals surface area contributed by atoms with Crippen LogP contribution in [0, 0.1) is 6.42 Å². The van der Waals surface area contributed by atoms with Gasteiger partial charge in [-0.25, -0.2) is 0 Å². The largest absolute Gasteiger partial charge is 0.286 e. The van der Waals surface area contributed by atoms with Crippen molar-refractivity contribution in [2.45, 2.75) is 19.8 Å². The second kappa shape index (κ2) is 3.85. The van der Waals surface area contributed by atoms with E-state index in [2.05, 4.69) is 0 Å². The maximum absolute atomic E-state index is 10.0. The quantitative estimate of drug-likeness (QED) is 0.479. The van der Waals surface area contributed by atoms with Gasteiger partial charge in [-0.1, -0.05) is 6.92 Å². The number of unbranched alkanes of at least 4 members (excludes halogenated alkanes) is 2. The average Bonchev–Trinajstić information content (AvgIpc) is 1.63. The lowest BCUT2D eigenvalue weighted by Crippen LogP contribution is -2.02. The summed E-state index contributed by atoms with van der Waals surface area (Å²) in [6, 6.07) is 0. The Morgan fingerprint density at radius 3 is 2.44 bits per heavy atom. The zero-order chi connectivity index (χ0) is 7.33. The van der Waals surface area contributed by atoms with Gasteiger partial charge in [-0.15, -0.1) is 0 Å². The van der Waals surface area contributed by atoms with Gasteiger partial charge in [0.2, 0.25) is 0 Å². The van der Waals surface area contributed by atoms with Gasteiger partial charge >= 0.3 is 0 Å². The van der Waals surface area contributed by atoms with Crippen LogP contribution in [-0.2, 0) is 10.1 Å². The Balaban J connectivity index is 3.30. The van der Waals surface area contributed by atoms with E-state index in [1.54, 1.807) is 0 Å². The lowest BCUT2D eigenvalue weighted by atomic mass is 10.3. The molecule has 1 radical (unpaired) electrons. The highest BCUT2D eigenvalue weighted by Gasteiger charge is 2.01. The summed E-state index contributed by atoms with van der Waals surface area (Å²) >= 11 is 0. The van der Waals surface area contributed by atoms with Crippen LogP contribution >= 0.6 is 0 Å². The molecule has 0 rings (SSSR count). The fourth-order valence-corrected chi connectivity index (χ4v) is 1.00. The van der Waals surface area contributed by atoms with Gasteiger partial charge in [0.15, 0.2) is 0 Å². The summed E-state index contributed by atoms with van der Waals surface area (Å²) in [4.78, 5) is 0. The molecule has 0 bridgehead atoms. The van der Waals surface area contributed by atoms with Gasteiger partial charge in [-0.05, 0) is 19.3 Å². The topological polar surface area (TPSA) is 54.4 Å². The van der Waals surface area contributed by atoms with Crippen LogP contribution in [0.25, 0.3) is 0 Å². The molecule has 9 heavy (non-hydrogen) atoms. The molecule has 0 aliphatic rings. The first-order chi connectivity index (χ1) is 4.06. The maximum Gasteiger partial charge on any atom is 0.264 e. The molecule has 55 valence electrons. The van der Waals surface area contributed by atoms with Crippen LogP contribution < -0.4 is 0 Å². The van der Waals surface area contributed by atoms with Crippen LogP contribution in [0.1, 0.15) is 19.8 Å². The van der Waals surface area contributed by atoms with Crippen LogP contribution in [0.15, 0.2) is 0 Å². The fourth-order valence-electron chi connectivity index (χ4n) is 0.470. The van der Waals surface area contributed by atoms with E-state index in [0.717, 1.165) is 6.42 Å². The first-order valence-corrected chi connectivity index (χ1v) is 4.40. The first kappa shape index (κ1) is 8.91. The average molecular weight is 151 g/mol.